The Labute approximate surface area is 172 Å². The molecule has 6 heteroatoms. The van der Waals surface area contributed by atoms with Gasteiger partial charge in [0.15, 0.2) is 0 Å². The van der Waals surface area contributed by atoms with Gasteiger partial charge in [-0.1, -0.05) is 18.6 Å². The maximum absolute atomic E-state index is 11.7. The Balaban J connectivity index is 1.56. The first kappa shape index (κ1) is 19.8. The minimum Gasteiger partial charge on any atom is -0.496 e. The predicted octanol–water partition coefficient (Wildman–Crippen LogP) is 3.43. The zero-order chi connectivity index (χ0) is 20.4. The normalized spacial score (nSPS) is 19.7. The van der Waals surface area contributed by atoms with Crippen molar-refractivity contribution in [2.75, 3.05) is 20.2 Å². The van der Waals surface area contributed by atoms with E-state index in [1.54, 1.807) is 14.0 Å². The van der Waals surface area contributed by atoms with Crippen LogP contribution < -0.4 is 4.74 Å². The van der Waals surface area contributed by atoms with Gasteiger partial charge in [0.05, 0.1) is 18.8 Å². The van der Waals surface area contributed by atoms with E-state index in [1.165, 1.54) is 24.0 Å². The second kappa shape index (κ2) is 8.49. The van der Waals surface area contributed by atoms with Crippen molar-refractivity contribution in [2.24, 2.45) is 0 Å². The molecule has 1 aromatic carbocycles. The number of hydrogen-bond donors (Lipinski definition) is 0. The molecule has 154 valence electrons. The van der Waals surface area contributed by atoms with Crippen LogP contribution >= 0.6 is 0 Å². The van der Waals surface area contributed by atoms with Crippen molar-refractivity contribution in [3.63, 3.8) is 0 Å². The second-order valence-electron chi connectivity index (χ2n) is 8.19. The van der Waals surface area contributed by atoms with Crippen molar-refractivity contribution in [1.82, 2.24) is 19.8 Å². The van der Waals surface area contributed by atoms with Gasteiger partial charge in [0.25, 0.3) is 0 Å². The number of aryl methyl sites for hydroxylation is 1. The quantitative estimate of drug-likeness (QED) is 0.795. The molecular weight excluding hydrogens is 364 g/mol. The smallest absolute Gasteiger partial charge is 0.219 e. The molecule has 1 atom stereocenters. The lowest BCUT2D eigenvalue weighted by atomic mass is 9.99. The molecule has 0 saturated carbocycles. The van der Waals surface area contributed by atoms with Gasteiger partial charge in [0.1, 0.15) is 11.6 Å². The summed E-state index contributed by atoms with van der Waals surface area (Å²) in [5.74, 6) is 1.99. The van der Waals surface area contributed by atoms with Gasteiger partial charge in [-0.25, -0.2) is 9.97 Å². The van der Waals surface area contributed by atoms with Gasteiger partial charge in [0.2, 0.25) is 5.91 Å². The van der Waals surface area contributed by atoms with Crippen molar-refractivity contribution in [1.29, 1.82) is 0 Å². The summed E-state index contributed by atoms with van der Waals surface area (Å²) in [6.45, 7) is 6.96. The number of amides is 1. The molecule has 1 unspecified atom stereocenters. The molecule has 4 rings (SSSR count). The minimum atomic E-state index is 0.116. The number of aromatic nitrogens is 2. The average Bonchev–Trinajstić information content (AvgIpc) is 2.74. The summed E-state index contributed by atoms with van der Waals surface area (Å²) in [6.07, 6.45) is 6.22. The number of carbonyl (C=O) groups excluding carboxylic acids is 1. The molecule has 2 aromatic rings. The lowest BCUT2D eigenvalue weighted by Crippen LogP contribution is -2.37. The standard InChI is InChI=1S/C23H30N4O2/c1-16-7-8-18(22(12-16)29-3)14-27-10-5-4-6-21(27)23-24-13-19-15-26(17(2)28)11-9-20(19)25-23/h7-8,12-13,21H,4-6,9-11,14-15H2,1-3H3. The van der Waals surface area contributed by atoms with E-state index in [-0.39, 0.29) is 11.9 Å². The van der Waals surface area contributed by atoms with Gasteiger partial charge in [-0.3, -0.25) is 9.69 Å². The topological polar surface area (TPSA) is 58.6 Å². The largest absolute Gasteiger partial charge is 0.496 e. The van der Waals surface area contributed by atoms with E-state index in [9.17, 15) is 4.79 Å². The summed E-state index contributed by atoms with van der Waals surface area (Å²) < 4.78 is 5.62. The molecule has 2 aliphatic rings. The number of methoxy groups -OCH3 is 1. The average molecular weight is 395 g/mol. The Hall–Kier alpha value is -2.47. The molecule has 29 heavy (non-hydrogen) atoms. The van der Waals surface area contributed by atoms with Crippen molar-refractivity contribution in [3.8, 4) is 5.75 Å². The number of benzene rings is 1. The van der Waals surface area contributed by atoms with Crippen LogP contribution in [0.5, 0.6) is 5.75 Å². The van der Waals surface area contributed by atoms with E-state index in [4.69, 9.17) is 14.7 Å². The third kappa shape index (κ3) is 4.27. The van der Waals surface area contributed by atoms with Crippen LogP contribution in [0.3, 0.4) is 0 Å². The van der Waals surface area contributed by atoms with Crippen LogP contribution in [0, 0.1) is 6.92 Å². The molecule has 1 fully saturated rings. The number of hydrogen-bond acceptors (Lipinski definition) is 5. The van der Waals surface area contributed by atoms with Gasteiger partial charge in [0, 0.05) is 50.3 Å². The highest BCUT2D eigenvalue weighted by Crippen LogP contribution is 2.33. The molecule has 0 radical (unpaired) electrons. The monoisotopic (exact) mass is 394 g/mol. The summed E-state index contributed by atoms with van der Waals surface area (Å²) >= 11 is 0. The Morgan fingerprint density at radius 1 is 1.28 bits per heavy atom. The van der Waals surface area contributed by atoms with Crippen LogP contribution in [0.15, 0.2) is 24.4 Å². The fourth-order valence-corrected chi connectivity index (χ4v) is 4.43. The maximum Gasteiger partial charge on any atom is 0.219 e. The summed E-state index contributed by atoms with van der Waals surface area (Å²) in [5, 5.41) is 0. The van der Waals surface area contributed by atoms with Crippen LogP contribution in [0.4, 0.5) is 0 Å². The van der Waals surface area contributed by atoms with Crippen LogP contribution in [0.1, 0.15) is 60.4 Å². The van der Waals surface area contributed by atoms with Crippen LogP contribution in [0.2, 0.25) is 0 Å². The summed E-state index contributed by atoms with van der Waals surface area (Å²) in [7, 11) is 1.74. The van der Waals surface area contributed by atoms with E-state index in [0.29, 0.717) is 6.54 Å². The lowest BCUT2D eigenvalue weighted by molar-refractivity contribution is -0.129. The van der Waals surface area contributed by atoms with Gasteiger partial charge >= 0.3 is 0 Å². The second-order valence-corrected chi connectivity index (χ2v) is 8.19. The third-order valence-electron chi connectivity index (χ3n) is 6.13. The Morgan fingerprint density at radius 3 is 2.93 bits per heavy atom. The Morgan fingerprint density at radius 2 is 2.14 bits per heavy atom. The van der Waals surface area contributed by atoms with Crippen molar-refractivity contribution < 1.29 is 9.53 Å². The molecule has 2 aliphatic heterocycles. The Kier molecular flexibility index (Phi) is 5.81. The number of rotatable bonds is 4. The molecule has 0 aliphatic carbocycles. The van der Waals surface area contributed by atoms with E-state index >= 15 is 0 Å². The number of fused-ring (bicyclic) bond motifs is 1. The molecule has 1 saturated heterocycles. The SMILES string of the molecule is COc1cc(C)ccc1CN1CCCCC1c1ncc2c(n1)CCN(C(C)=O)C2. The summed E-state index contributed by atoms with van der Waals surface area (Å²) in [6, 6.07) is 6.65. The number of nitrogens with zero attached hydrogens (tertiary/aromatic N) is 4. The highest BCUT2D eigenvalue weighted by Gasteiger charge is 2.28. The highest BCUT2D eigenvalue weighted by atomic mass is 16.5. The van der Waals surface area contributed by atoms with Crippen LogP contribution in [-0.2, 0) is 24.3 Å². The maximum atomic E-state index is 11.7. The first-order valence-corrected chi connectivity index (χ1v) is 10.5. The molecule has 3 heterocycles. The fourth-order valence-electron chi connectivity index (χ4n) is 4.43. The minimum absolute atomic E-state index is 0.116. The van der Waals surface area contributed by atoms with E-state index in [2.05, 4.69) is 30.0 Å². The zero-order valence-electron chi connectivity index (χ0n) is 17.6. The molecule has 0 spiro atoms. The van der Waals surface area contributed by atoms with Crippen molar-refractivity contribution >= 4 is 5.91 Å². The first-order valence-electron chi connectivity index (χ1n) is 10.5. The van der Waals surface area contributed by atoms with E-state index in [0.717, 1.165) is 55.3 Å². The highest BCUT2D eigenvalue weighted by molar-refractivity contribution is 5.73. The predicted molar refractivity (Wildman–Crippen MR) is 112 cm³/mol. The zero-order valence-corrected chi connectivity index (χ0v) is 17.6. The molecule has 0 N–H and O–H groups in total. The van der Waals surface area contributed by atoms with Crippen molar-refractivity contribution in [2.45, 2.75) is 58.7 Å². The fraction of sp³-hybridized carbons (Fsp3) is 0.522. The molecule has 1 aromatic heterocycles. The summed E-state index contributed by atoms with van der Waals surface area (Å²) in [4.78, 5) is 25.7. The molecule has 0 bridgehead atoms. The number of likely N-dealkylation sites (tertiary alicyclic amines) is 1. The van der Waals surface area contributed by atoms with Crippen molar-refractivity contribution in [3.05, 3.63) is 52.6 Å². The first-order chi connectivity index (χ1) is 14.0. The van der Waals surface area contributed by atoms with Crippen LogP contribution in [-0.4, -0.2) is 45.9 Å². The number of carbonyl (C=O) groups is 1. The van der Waals surface area contributed by atoms with Gasteiger partial charge in [-0.05, 0) is 37.9 Å². The molecular formula is C23H30N4O2. The van der Waals surface area contributed by atoms with E-state index in [1.807, 2.05) is 11.1 Å². The number of piperidine rings is 1. The Bertz CT molecular complexity index is 898. The van der Waals surface area contributed by atoms with Gasteiger partial charge in [-0.2, -0.15) is 0 Å². The number of ether oxygens (including phenoxy) is 1. The van der Waals surface area contributed by atoms with Gasteiger partial charge in [-0.15, -0.1) is 0 Å². The van der Waals surface area contributed by atoms with E-state index < -0.39 is 0 Å². The molecule has 6 nitrogen and oxygen atoms in total. The lowest BCUT2D eigenvalue weighted by Gasteiger charge is -2.35. The third-order valence-corrected chi connectivity index (χ3v) is 6.13. The van der Waals surface area contributed by atoms with Gasteiger partial charge < -0.3 is 9.64 Å². The molecule has 1 amide bonds. The summed E-state index contributed by atoms with van der Waals surface area (Å²) in [5.41, 5.74) is 4.60. The van der Waals surface area contributed by atoms with Crippen LogP contribution in [0.25, 0.3) is 0 Å².